The van der Waals surface area contributed by atoms with Crippen molar-refractivity contribution in [3.63, 3.8) is 0 Å². The summed E-state index contributed by atoms with van der Waals surface area (Å²) in [5.74, 6) is 2.01. The van der Waals surface area contributed by atoms with E-state index in [9.17, 15) is 0 Å². The van der Waals surface area contributed by atoms with Crippen LogP contribution in [0, 0.1) is 6.92 Å². The third kappa shape index (κ3) is 0.913. The third-order valence-electron chi connectivity index (χ3n) is 2.13. The number of imidazole rings is 1. The van der Waals surface area contributed by atoms with Gasteiger partial charge in [-0.3, -0.25) is 0 Å². The Labute approximate surface area is 71.5 Å². The third-order valence-corrected chi connectivity index (χ3v) is 2.13. The Hall–Kier alpha value is -1.32. The lowest BCUT2D eigenvalue weighted by atomic mass is 10.4. The summed E-state index contributed by atoms with van der Waals surface area (Å²) in [7, 11) is 3.99. The molecule has 1 aliphatic heterocycles. The number of rotatable bonds is 0. The van der Waals surface area contributed by atoms with Gasteiger partial charge in [0, 0.05) is 14.1 Å². The van der Waals surface area contributed by atoms with Gasteiger partial charge in [-0.25, -0.2) is 9.98 Å². The minimum absolute atomic E-state index is 0.862. The summed E-state index contributed by atoms with van der Waals surface area (Å²) in [4.78, 5) is 10.7. The standard InChI is InChI=1S/C8H12N4/c1-6-10-7-4-11(2)5-9-8(7)12(6)3/h5H,4H2,1-3H3. The van der Waals surface area contributed by atoms with Crippen molar-refractivity contribution in [2.45, 2.75) is 13.5 Å². The van der Waals surface area contributed by atoms with Crippen molar-refractivity contribution in [1.82, 2.24) is 14.5 Å². The molecule has 0 fully saturated rings. The van der Waals surface area contributed by atoms with Crippen molar-refractivity contribution in [1.29, 1.82) is 0 Å². The molecule has 1 aliphatic rings. The summed E-state index contributed by atoms with van der Waals surface area (Å²) < 4.78 is 2.01. The van der Waals surface area contributed by atoms with E-state index in [1.165, 1.54) is 0 Å². The van der Waals surface area contributed by atoms with Crippen LogP contribution >= 0.6 is 0 Å². The number of hydrogen-bond acceptors (Lipinski definition) is 3. The first-order chi connectivity index (χ1) is 5.68. The molecule has 0 atom stereocenters. The highest BCUT2D eigenvalue weighted by atomic mass is 15.2. The predicted molar refractivity (Wildman–Crippen MR) is 47.6 cm³/mol. The number of hydrogen-bond donors (Lipinski definition) is 0. The highest BCUT2D eigenvalue weighted by Gasteiger charge is 2.15. The Kier molecular flexibility index (Phi) is 1.43. The Morgan fingerprint density at radius 3 is 2.92 bits per heavy atom. The molecule has 0 bridgehead atoms. The molecule has 2 heterocycles. The largest absolute Gasteiger partial charge is 0.360 e. The molecule has 0 aliphatic carbocycles. The molecule has 4 nitrogen and oxygen atoms in total. The maximum Gasteiger partial charge on any atom is 0.159 e. The van der Waals surface area contributed by atoms with E-state index in [0.717, 1.165) is 23.9 Å². The van der Waals surface area contributed by atoms with E-state index in [4.69, 9.17) is 0 Å². The molecule has 0 saturated heterocycles. The predicted octanol–water partition coefficient (Wildman–Crippen LogP) is 0.834. The molecule has 0 radical (unpaired) electrons. The van der Waals surface area contributed by atoms with Crippen molar-refractivity contribution in [2.75, 3.05) is 7.05 Å². The van der Waals surface area contributed by atoms with Gasteiger partial charge < -0.3 is 9.47 Å². The Bertz CT molecular complexity index is 337. The van der Waals surface area contributed by atoms with Crippen LogP contribution in [-0.4, -0.2) is 27.8 Å². The zero-order valence-corrected chi connectivity index (χ0v) is 7.57. The maximum atomic E-state index is 4.41. The zero-order valence-electron chi connectivity index (χ0n) is 7.57. The van der Waals surface area contributed by atoms with Gasteiger partial charge in [0.1, 0.15) is 11.5 Å². The van der Waals surface area contributed by atoms with Crippen LogP contribution in [0.3, 0.4) is 0 Å². The van der Waals surface area contributed by atoms with E-state index >= 15 is 0 Å². The average Bonchev–Trinajstić information content (AvgIpc) is 2.28. The van der Waals surface area contributed by atoms with Crippen LogP contribution < -0.4 is 0 Å². The van der Waals surface area contributed by atoms with Crippen molar-refractivity contribution >= 4 is 12.2 Å². The molecule has 0 aromatic carbocycles. The lowest BCUT2D eigenvalue weighted by Gasteiger charge is -2.15. The molecule has 0 amide bonds. The number of aryl methyl sites for hydroxylation is 1. The summed E-state index contributed by atoms with van der Waals surface area (Å²) in [5, 5.41) is 0. The van der Waals surface area contributed by atoms with Gasteiger partial charge in [0.25, 0.3) is 0 Å². The summed E-state index contributed by atoms with van der Waals surface area (Å²) in [6.07, 6.45) is 1.84. The first kappa shape index (κ1) is 7.34. The van der Waals surface area contributed by atoms with Crippen LogP contribution in [-0.2, 0) is 13.6 Å². The van der Waals surface area contributed by atoms with Crippen LogP contribution in [0.4, 0.5) is 5.82 Å². The molecule has 2 rings (SSSR count). The smallest absolute Gasteiger partial charge is 0.159 e. The van der Waals surface area contributed by atoms with Gasteiger partial charge in [-0.15, -0.1) is 0 Å². The van der Waals surface area contributed by atoms with Gasteiger partial charge in [-0.2, -0.15) is 0 Å². The second-order valence-electron chi connectivity index (χ2n) is 3.15. The quantitative estimate of drug-likeness (QED) is 0.569. The fourth-order valence-electron chi connectivity index (χ4n) is 1.36. The SMILES string of the molecule is Cc1nc2c(n1C)N=CN(C)C2. The normalized spacial score (nSPS) is 15.1. The van der Waals surface area contributed by atoms with Gasteiger partial charge in [0.2, 0.25) is 0 Å². The number of aliphatic imine (C=N–C) groups is 1. The fourth-order valence-corrected chi connectivity index (χ4v) is 1.36. The van der Waals surface area contributed by atoms with Crippen LogP contribution in [0.5, 0.6) is 0 Å². The van der Waals surface area contributed by atoms with Crippen LogP contribution in [0.15, 0.2) is 4.99 Å². The Morgan fingerprint density at radius 2 is 2.17 bits per heavy atom. The van der Waals surface area contributed by atoms with E-state index in [1.807, 2.05) is 36.8 Å². The van der Waals surface area contributed by atoms with E-state index < -0.39 is 0 Å². The fraction of sp³-hybridized carbons (Fsp3) is 0.500. The van der Waals surface area contributed by atoms with Gasteiger partial charge in [0.15, 0.2) is 5.82 Å². The van der Waals surface area contributed by atoms with Crippen molar-refractivity contribution in [3.8, 4) is 0 Å². The molecule has 0 spiro atoms. The van der Waals surface area contributed by atoms with Crippen LogP contribution in [0.1, 0.15) is 11.5 Å². The molecule has 12 heavy (non-hydrogen) atoms. The lowest BCUT2D eigenvalue weighted by molar-refractivity contribution is 0.500. The number of aromatic nitrogens is 2. The first-order valence-corrected chi connectivity index (χ1v) is 3.95. The molecular weight excluding hydrogens is 152 g/mol. The molecule has 64 valence electrons. The van der Waals surface area contributed by atoms with E-state index in [0.29, 0.717) is 0 Å². The Balaban J connectivity index is 2.53. The van der Waals surface area contributed by atoms with Crippen LogP contribution in [0.25, 0.3) is 0 Å². The topological polar surface area (TPSA) is 33.4 Å². The maximum absolute atomic E-state index is 4.41. The Morgan fingerprint density at radius 1 is 1.42 bits per heavy atom. The second kappa shape index (κ2) is 2.33. The average molecular weight is 164 g/mol. The van der Waals surface area contributed by atoms with Crippen molar-refractivity contribution in [3.05, 3.63) is 11.5 Å². The van der Waals surface area contributed by atoms with E-state index in [1.54, 1.807) is 0 Å². The minimum atomic E-state index is 0.862. The molecular formula is C8H12N4. The highest BCUT2D eigenvalue weighted by molar-refractivity contribution is 5.63. The summed E-state index contributed by atoms with van der Waals surface area (Å²) in [6, 6.07) is 0. The van der Waals surface area contributed by atoms with Gasteiger partial charge in [-0.1, -0.05) is 0 Å². The first-order valence-electron chi connectivity index (χ1n) is 3.95. The molecule has 0 N–H and O–H groups in total. The van der Waals surface area contributed by atoms with Gasteiger partial charge in [0.05, 0.1) is 12.9 Å². The molecule has 0 unspecified atom stereocenters. The van der Waals surface area contributed by atoms with Crippen LogP contribution in [0.2, 0.25) is 0 Å². The summed E-state index contributed by atoms with van der Waals surface area (Å²) >= 11 is 0. The molecule has 1 aromatic heterocycles. The van der Waals surface area contributed by atoms with Gasteiger partial charge in [-0.05, 0) is 6.92 Å². The minimum Gasteiger partial charge on any atom is -0.360 e. The second-order valence-corrected chi connectivity index (χ2v) is 3.15. The highest BCUT2D eigenvalue weighted by Crippen LogP contribution is 2.22. The van der Waals surface area contributed by atoms with Crippen molar-refractivity contribution in [2.24, 2.45) is 12.0 Å². The molecule has 0 saturated carbocycles. The lowest BCUT2D eigenvalue weighted by Crippen LogP contribution is -2.18. The summed E-state index contributed by atoms with van der Waals surface area (Å²) in [6.45, 7) is 2.86. The van der Waals surface area contributed by atoms with Crippen molar-refractivity contribution < 1.29 is 0 Å². The van der Waals surface area contributed by atoms with Gasteiger partial charge >= 0.3 is 0 Å². The molecule has 1 aromatic rings. The van der Waals surface area contributed by atoms with E-state index in [2.05, 4.69) is 9.98 Å². The number of nitrogens with zero attached hydrogens (tertiary/aromatic N) is 4. The monoisotopic (exact) mass is 164 g/mol. The summed E-state index contributed by atoms with van der Waals surface area (Å²) in [5.41, 5.74) is 1.07. The molecule has 4 heteroatoms. The number of fused-ring (bicyclic) bond motifs is 1. The van der Waals surface area contributed by atoms with E-state index in [-0.39, 0.29) is 0 Å². The zero-order chi connectivity index (χ0) is 8.72.